The maximum Gasteiger partial charge on any atom is 0.0555 e. The van der Waals surface area contributed by atoms with Gasteiger partial charge in [0.2, 0.25) is 0 Å². The molecule has 1 heteroatoms. The fourth-order valence-corrected chi connectivity index (χ4v) is 2.29. The first-order valence-corrected chi connectivity index (χ1v) is 5.99. The van der Waals surface area contributed by atoms with Crippen LogP contribution in [0.25, 0.3) is 21.5 Å². The molecular formula is C17H13N. The predicted molar refractivity (Wildman–Crippen MR) is 77.4 cm³/mol. The zero-order chi connectivity index (χ0) is 12.4. The first-order valence-electron chi connectivity index (χ1n) is 5.99. The molecule has 0 aromatic heterocycles. The van der Waals surface area contributed by atoms with Crippen LogP contribution in [0.4, 0.5) is 0 Å². The molecule has 3 rings (SSSR count). The maximum absolute atomic E-state index is 5.49. The highest BCUT2D eigenvalue weighted by molar-refractivity contribution is 6.04. The lowest BCUT2D eigenvalue weighted by atomic mass is 9.97. The summed E-state index contributed by atoms with van der Waals surface area (Å²) in [7, 11) is 0. The summed E-state index contributed by atoms with van der Waals surface area (Å²) in [6.45, 7) is 0.386. The van der Waals surface area contributed by atoms with Crippen LogP contribution in [0, 0.1) is 11.8 Å². The fraction of sp³-hybridized carbons (Fsp3) is 0.0588. The van der Waals surface area contributed by atoms with Gasteiger partial charge in [-0.25, -0.2) is 0 Å². The smallest absolute Gasteiger partial charge is 0.0555 e. The van der Waals surface area contributed by atoms with Crippen molar-refractivity contribution in [1.82, 2.24) is 0 Å². The Morgan fingerprint density at radius 3 is 1.94 bits per heavy atom. The van der Waals surface area contributed by atoms with Crippen LogP contribution in [-0.2, 0) is 0 Å². The zero-order valence-corrected chi connectivity index (χ0v) is 9.98. The minimum atomic E-state index is 0.386. The molecule has 86 valence electrons. The SMILES string of the molecule is NCC#Cc1c2ccccc2cc2ccccc12. The minimum absolute atomic E-state index is 0.386. The van der Waals surface area contributed by atoms with Crippen LogP contribution < -0.4 is 5.73 Å². The Morgan fingerprint density at radius 2 is 1.39 bits per heavy atom. The third-order valence-electron chi connectivity index (χ3n) is 3.09. The first kappa shape index (κ1) is 10.8. The minimum Gasteiger partial charge on any atom is -0.320 e. The predicted octanol–water partition coefficient (Wildman–Crippen LogP) is 3.30. The topological polar surface area (TPSA) is 26.0 Å². The van der Waals surface area contributed by atoms with E-state index in [1.807, 2.05) is 12.1 Å². The Morgan fingerprint density at radius 1 is 0.833 bits per heavy atom. The van der Waals surface area contributed by atoms with Crippen molar-refractivity contribution in [2.75, 3.05) is 6.54 Å². The molecule has 0 bridgehead atoms. The molecule has 0 atom stereocenters. The van der Waals surface area contributed by atoms with Crippen molar-refractivity contribution in [2.24, 2.45) is 5.73 Å². The van der Waals surface area contributed by atoms with Crippen LogP contribution >= 0.6 is 0 Å². The van der Waals surface area contributed by atoms with Crippen LogP contribution in [0.5, 0.6) is 0 Å². The molecule has 0 aliphatic heterocycles. The van der Waals surface area contributed by atoms with Crippen LogP contribution in [0.1, 0.15) is 5.56 Å². The van der Waals surface area contributed by atoms with Crippen molar-refractivity contribution in [3.8, 4) is 11.8 Å². The van der Waals surface area contributed by atoms with E-state index in [4.69, 9.17) is 5.73 Å². The summed E-state index contributed by atoms with van der Waals surface area (Å²) in [5.74, 6) is 6.18. The number of nitrogens with two attached hydrogens (primary N) is 1. The highest BCUT2D eigenvalue weighted by atomic mass is 14.5. The van der Waals surface area contributed by atoms with Crippen molar-refractivity contribution >= 4 is 21.5 Å². The molecule has 0 amide bonds. The molecule has 0 fully saturated rings. The van der Waals surface area contributed by atoms with Crippen LogP contribution in [0.15, 0.2) is 54.6 Å². The highest BCUT2D eigenvalue weighted by Crippen LogP contribution is 2.27. The third-order valence-corrected chi connectivity index (χ3v) is 3.09. The Labute approximate surface area is 106 Å². The van der Waals surface area contributed by atoms with E-state index in [-0.39, 0.29) is 0 Å². The summed E-state index contributed by atoms with van der Waals surface area (Å²) in [5, 5.41) is 4.82. The Kier molecular flexibility index (Phi) is 2.72. The van der Waals surface area contributed by atoms with E-state index in [1.165, 1.54) is 21.5 Å². The Hall–Kier alpha value is -2.30. The van der Waals surface area contributed by atoms with E-state index in [0.29, 0.717) is 6.54 Å². The average molecular weight is 231 g/mol. The number of benzene rings is 3. The van der Waals surface area contributed by atoms with E-state index in [9.17, 15) is 0 Å². The van der Waals surface area contributed by atoms with Gasteiger partial charge in [-0.1, -0.05) is 60.4 Å². The zero-order valence-electron chi connectivity index (χ0n) is 9.98. The van der Waals surface area contributed by atoms with Gasteiger partial charge >= 0.3 is 0 Å². The van der Waals surface area contributed by atoms with Crippen molar-refractivity contribution in [1.29, 1.82) is 0 Å². The van der Waals surface area contributed by atoms with Crippen molar-refractivity contribution in [3.05, 3.63) is 60.2 Å². The molecule has 1 nitrogen and oxygen atoms in total. The molecule has 0 spiro atoms. The first-order chi connectivity index (χ1) is 8.90. The molecular weight excluding hydrogens is 218 g/mol. The second-order valence-electron chi connectivity index (χ2n) is 4.20. The number of hydrogen-bond donors (Lipinski definition) is 1. The van der Waals surface area contributed by atoms with E-state index in [2.05, 4.69) is 54.3 Å². The van der Waals surface area contributed by atoms with Gasteiger partial charge in [-0.2, -0.15) is 0 Å². The van der Waals surface area contributed by atoms with Crippen molar-refractivity contribution < 1.29 is 0 Å². The summed E-state index contributed by atoms with van der Waals surface area (Å²) in [6, 6.07) is 18.9. The quantitative estimate of drug-likeness (QED) is 0.466. The van der Waals surface area contributed by atoms with E-state index in [0.717, 1.165) is 5.56 Å². The molecule has 18 heavy (non-hydrogen) atoms. The molecule has 0 saturated carbocycles. The molecule has 3 aromatic carbocycles. The van der Waals surface area contributed by atoms with E-state index < -0.39 is 0 Å². The fourth-order valence-electron chi connectivity index (χ4n) is 2.29. The van der Waals surface area contributed by atoms with Crippen LogP contribution in [-0.4, -0.2) is 6.54 Å². The number of hydrogen-bond acceptors (Lipinski definition) is 1. The molecule has 0 aliphatic carbocycles. The van der Waals surface area contributed by atoms with Gasteiger partial charge in [-0.05, 0) is 27.6 Å². The van der Waals surface area contributed by atoms with Gasteiger partial charge in [0, 0.05) is 5.56 Å². The lowest BCUT2D eigenvalue weighted by molar-refractivity contribution is 1.30. The van der Waals surface area contributed by atoms with Crippen LogP contribution in [0.3, 0.4) is 0 Å². The normalized spacial score (nSPS) is 10.3. The largest absolute Gasteiger partial charge is 0.320 e. The second-order valence-corrected chi connectivity index (χ2v) is 4.20. The summed E-state index contributed by atoms with van der Waals surface area (Å²) < 4.78 is 0. The second kappa shape index (κ2) is 4.52. The van der Waals surface area contributed by atoms with Crippen LogP contribution in [0.2, 0.25) is 0 Å². The molecule has 0 heterocycles. The summed E-state index contributed by atoms with van der Waals surface area (Å²) in [6.07, 6.45) is 0. The number of rotatable bonds is 0. The van der Waals surface area contributed by atoms with E-state index in [1.54, 1.807) is 0 Å². The van der Waals surface area contributed by atoms with Gasteiger partial charge in [0.1, 0.15) is 0 Å². The van der Waals surface area contributed by atoms with Gasteiger partial charge in [-0.15, -0.1) is 0 Å². The van der Waals surface area contributed by atoms with Gasteiger partial charge in [0.05, 0.1) is 6.54 Å². The van der Waals surface area contributed by atoms with E-state index >= 15 is 0 Å². The van der Waals surface area contributed by atoms with Gasteiger partial charge < -0.3 is 5.73 Å². The molecule has 0 unspecified atom stereocenters. The van der Waals surface area contributed by atoms with Gasteiger partial charge in [0.15, 0.2) is 0 Å². The lowest BCUT2D eigenvalue weighted by Gasteiger charge is -2.06. The van der Waals surface area contributed by atoms with Crippen molar-refractivity contribution in [2.45, 2.75) is 0 Å². The summed E-state index contributed by atoms with van der Waals surface area (Å²) >= 11 is 0. The maximum atomic E-state index is 5.49. The standard InChI is InChI=1S/C17H13N/c18-11-5-10-17-15-8-3-1-6-13(15)12-14-7-2-4-9-16(14)17/h1-4,6-9,12H,11,18H2. The van der Waals surface area contributed by atoms with Gasteiger partial charge in [0.25, 0.3) is 0 Å². The van der Waals surface area contributed by atoms with Crippen molar-refractivity contribution in [3.63, 3.8) is 0 Å². The monoisotopic (exact) mass is 231 g/mol. The summed E-state index contributed by atoms with van der Waals surface area (Å²) in [5.41, 5.74) is 6.57. The molecule has 2 N–H and O–H groups in total. The Balaban J connectivity index is 2.49. The molecule has 0 radical (unpaired) electrons. The molecule has 0 saturated heterocycles. The summed E-state index contributed by atoms with van der Waals surface area (Å²) in [4.78, 5) is 0. The highest BCUT2D eigenvalue weighted by Gasteiger charge is 2.04. The lowest BCUT2D eigenvalue weighted by Crippen LogP contribution is -1.93. The average Bonchev–Trinajstić information content (AvgIpc) is 2.43. The molecule has 3 aromatic rings. The number of fused-ring (bicyclic) bond motifs is 2. The molecule has 0 aliphatic rings. The Bertz CT molecular complexity index is 722. The van der Waals surface area contributed by atoms with Gasteiger partial charge in [-0.3, -0.25) is 0 Å². The third kappa shape index (κ3) is 1.73.